The van der Waals surface area contributed by atoms with Gasteiger partial charge in [0.05, 0.1) is 4.90 Å². The Bertz CT molecular complexity index is 1210. The Balaban J connectivity index is 1.32. The minimum absolute atomic E-state index is 0.0882. The van der Waals surface area contributed by atoms with Gasteiger partial charge in [-0.05, 0) is 48.6 Å². The van der Waals surface area contributed by atoms with Crippen molar-refractivity contribution < 1.29 is 22.0 Å². The third-order valence-corrected chi connectivity index (χ3v) is 8.38. The zero-order chi connectivity index (χ0) is 24.8. The first-order valence-electron chi connectivity index (χ1n) is 11.7. The van der Waals surface area contributed by atoms with Gasteiger partial charge in [-0.1, -0.05) is 60.7 Å². The van der Waals surface area contributed by atoms with Crippen LogP contribution in [0.3, 0.4) is 0 Å². The number of carbonyl (C=O) groups is 1. The van der Waals surface area contributed by atoms with Crippen LogP contribution in [0, 0.1) is 17.6 Å². The average molecular weight is 499 g/mol. The Kier molecular flexibility index (Phi) is 7.93. The van der Waals surface area contributed by atoms with E-state index in [0.717, 1.165) is 18.6 Å². The van der Waals surface area contributed by atoms with E-state index < -0.39 is 21.7 Å². The molecule has 0 radical (unpaired) electrons. The van der Waals surface area contributed by atoms with Crippen molar-refractivity contribution in [1.82, 2.24) is 9.62 Å². The molecule has 1 saturated heterocycles. The van der Waals surface area contributed by atoms with Crippen LogP contribution in [0.15, 0.2) is 83.8 Å². The van der Waals surface area contributed by atoms with E-state index in [1.807, 2.05) is 36.4 Å². The molecule has 0 aromatic heterocycles. The van der Waals surface area contributed by atoms with Crippen molar-refractivity contribution in [3.8, 4) is 0 Å². The molecule has 0 unspecified atom stereocenters. The van der Waals surface area contributed by atoms with E-state index >= 15 is 0 Å². The van der Waals surface area contributed by atoms with E-state index in [-0.39, 0.29) is 35.7 Å². The lowest BCUT2D eigenvalue weighted by molar-refractivity contribution is -0.126. The maximum atomic E-state index is 13.5. The van der Waals surface area contributed by atoms with E-state index in [2.05, 4.69) is 29.6 Å². The van der Waals surface area contributed by atoms with Crippen LogP contribution in [-0.4, -0.2) is 38.3 Å². The monoisotopic (exact) mass is 498 g/mol. The van der Waals surface area contributed by atoms with Gasteiger partial charge in [-0.3, -0.25) is 4.79 Å². The van der Waals surface area contributed by atoms with Gasteiger partial charge in [0.15, 0.2) is 11.6 Å². The van der Waals surface area contributed by atoms with Gasteiger partial charge in [0, 0.05) is 31.5 Å². The minimum Gasteiger partial charge on any atom is -0.356 e. The highest BCUT2D eigenvalue weighted by Gasteiger charge is 2.32. The molecule has 1 amide bonds. The molecule has 0 aliphatic carbocycles. The highest BCUT2D eigenvalue weighted by molar-refractivity contribution is 7.89. The number of halogens is 2. The van der Waals surface area contributed by atoms with Crippen molar-refractivity contribution in [1.29, 1.82) is 0 Å². The summed E-state index contributed by atoms with van der Waals surface area (Å²) in [5.74, 6) is -2.53. The van der Waals surface area contributed by atoms with Gasteiger partial charge in [0.25, 0.3) is 0 Å². The van der Waals surface area contributed by atoms with Crippen molar-refractivity contribution in [2.75, 3.05) is 19.6 Å². The Morgan fingerprint density at radius 2 is 1.46 bits per heavy atom. The van der Waals surface area contributed by atoms with Crippen LogP contribution in [0.5, 0.6) is 0 Å². The van der Waals surface area contributed by atoms with Crippen LogP contribution in [0.4, 0.5) is 8.78 Å². The van der Waals surface area contributed by atoms with Gasteiger partial charge in [0.1, 0.15) is 0 Å². The predicted molar refractivity (Wildman–Crippen MR) is 130 cm³/mol. The Hall–Kier alpha value is -3.10. The molecular formula is C27H28F2N2O3S. The molecule has 1 fully saturated rings. The summed E-state index contributed by atoms with van der Waals surface area (Å²) in [6.45, 7) is 0.798. The second kappa shape index (κ2) is 11.1. The number of nitrogens with zero attached hydrogens (tertiary/aromatic N) is 1. The normalized spacial score (nSPS) is 15.3. The van der Waals surface area contributed by atoms with Crippen LogP contribution in [0.2, 0.25) is 0 Å². The molecule has 35 heavy (non-hydrogen) atoms. The fourth-order valence-corrected chi connectivity index (χ4v) is 6.01. The van der Waals surface area contributed by atoms with E-state index in [1.165, 1.54) is 15.4 Å². The molecule has 3 aromatic carbocycles. The van der Waals surface area contributed by atoms with Crippen molar-refractivity contribution in [3.05, 3.63) is 102 Å². The highest BCUT2D eigenvalue weighted by atomic mass is 32.2. The molecule has 4 rings (SSSR count). The molecule has 1 N–H and O–H groups in total. The van der Waals surface area contributed by atoms with Gasteiger partial charge in [0.2, 0.25) is 15.9 Å². The summed E-state index contributed by atoms with van der Waals surface area (Å²) >= 11 is 0. The molecule has 8 heteroatoms. The lowest BCUT2D eigenvalue weighted by Crippen LogP contribution is -2.43. The average Bonchev–Trinajstić information content (AvgIpc) is 2.89. The maximum absolute atomic E-state index is 13.5. The fourth-order valence-electron chi connectivity index (χ4n) is 4.53. The summed E-state index contributed by atoms with van der Waals surface area (Å²) in [4.78, 5) is 12.5. The number of carbonyl (C=O) groups excluding carboxylic acids is 1. The minimum atomic E-state index is -3.94. The fraction of sp³-hybridized carbons (Fsp3) is 0.296. The smallest absolute Gasteiger partial charge is 0.243 e. The molecule has 1 heterocycles. The summed E-state index contributed by atoms with van der Waals surface area (Å²) in [5.41, 5.74) is 2.37. The second-order valence-electron chi connectivity index (χ2n) is 8.71. The quantitative estimate of drug-likeness (QED) is 0.490. The van der Waals surface area contributed by atoms with Gasteiger partial charge in [-0.15, -0.1) is 0 Å². The molecule has 0 bridgehead atoms. The molecule has 0 saturated carbocycles. The van der Waals surface area contributed by atoms with Crippen LogP contribution < -0.4 is 5.32 Å². The third kappa shape index (κ3) is 5.94. The maximum Gasteiger partial charge on any atom is 0.243 e. The number of benzene rings is 3. The number of piperidine rings is 1. The number of hydrogen-bond donors (Lipinski definition) is 1. The van der Waals surface area contributed by atoms with E-state index in [1.54, 1.807) is 0 Å². The third-order valence-electron chi connectivity index (χ3n) is 6.49. The summed E-state index contributed by atoms with van der Waals surface area (Å²) in [7, 11) is -3.94. The summed E-state index contributed by atoms with van der Waals surface area (Å²) in [6.07, 6.45) is 1.48. The molecular weight excluding hydrogens is 470 g/mol. The second-order valence-corrected chi connectivity index (χ2v) is 10.6. The topological polar surface area (TPSA) is 66.5 Å². The highest BCUT2D eigenvalue weighted by Crippen LogP contribution is 2.28. The molecule has 3 aromatic rings. The Morgan fingerprint density at radius 3 is 2.00 bits per heavy atom. The predicted octanol–water partition coefficient (Wildman–Crippen LogP) is 4.70. The lowest BCUT2D eigenvalue weighted by atomic mass is 9.88. The van der Waals surface area contributed by atoms with Crippen molar-refractivity contribution >= 4 is 15.9 Å². The standard InChI is InChI=1S/C27H28F2N2O3S/c28-25-12-11-23(19-26(25)29)35(33,34)31-17-14-22(15-18-31)27(32)30-16-13-24(20-7-3-1-4-8-20)21-9-5-2-6-10-21/h1-12,19,22,24H,13-18H2,(H,30,32). The molecule has 0 spiro atoms. The van der Waals surface area contributed by atoms with Crippen LogP contribution in [0.25, 0.3) is 0 Å². The van der Waals surface area contributed by atoms with Gasteiger partial charge < -0.3 is 5.32 Å². The Morgan fingerprint density at radius 1 is 0.886 bits per heavy atom. The first kappa shape index (κ1) is 25.0. The number of sulfonamides is 1. The summed E-state index contributed by atoms with van der Waals surface area (Å²) in [6, 6.07) is 22.9. The van der Waals surface area contributed by atoms with E-state index in [4.69, 9.17) is 0 Å². The van der Waals surface area contributed by atoms with Crippen molar-refractivity contribution in [3.63, 3.8) is 0 Å². The Labute approximate surface area is 204 Å². The molecule has 5 nitrogen and oxygen atoms in total. The van der Waals surface area contributed by atoms with E-state index in [0.29, 0.717) is 25.5 Å². The van der Waals surface area contributed by atoms with E-state index in [9.17, 15) is 22.0 Å². The molecule has 184 valence electrons. The molecule has 1 aliphatic heterocycles. The largest absolute Gasteiger partial charge is 0.356 e. The number of amides is 1. The zero-order valence-corrected chi connectivity index (χ0v) is 20.1. The van der Waals surface area contributed by atoms with Crippen LogP contribution in [0.1, 0.15) is 36.3 Å². The number of hydrogen-bond acceptors (Lipinski definition) is 3. The summed E-state index contributed by atoms with van der Waals surface area (Å²) < 4.78 is 53.5. The van der Waals surface area contributed by atoms with Gasteiger partial charge >= 0.3 is 0 Å². The van der Waals surface area contributed by atoms with Crippen LogP contribution >= 0.6 is 0 Å². The first-order valence-corrected chi connectivity index (χ1v) is 13.1. The summed E-state index contributed by atoms with van der Waals surface area (Å²) in [5, 5.41) is 3.02. The lowest BCUT2D eigenvalue weighted by Gasteiger charge is -2.30. The zero-order valence-electron chi connectivity index (χ0n) is 19.2. The molecule has 1 aliphatic rings. The SMILES string of the molecule is O=C(NCCC(c1ccccc1)c1ccccc1)C1CCN(S(=O)(=O)c2ccc(F)c(F)c2)CC1. The van der Waals surface area contributed by atoms with Crippen LogP contribution in [-0.2, 0) is 14.8 Å². The van der Waals surface area contributed by atoms with Gasteiger partial charge in [-0.2, -0.15) is 4.31 Å². The van der Waals surface area contributed by atoms with Crippen molar-refractivity contribution in [2.45, 2.75) is 30.1 Å². The number of rotatable bonds is 8. The van der Waals surface area contributed by atoms with Gasteiger partial charge in [-0.25, -0.2) is 17.2 Å². The first-order chi connectivity index (χ1) is 16.9. The molecule has 0 atom stereocenters. The van der Waals surface area contributed by atoms with Crippen molar-refractivity contribution in [2.24, 2.45) is 5.92 Å². The number of nitrogens with one attached hydrogen (secondary N) is 1.